The number of carbonyl (C=O) groups excluding carboxylic acids is 3. The molecule has 0 spiro atoms. The molecule has 0 unspecified atom stereocenters. The summed E-state index contributed by atoms with van der Waals surface area (Å²) in [5, 5.41) is 3.10. The van der Waals surface area contributed by atoms with Gasteiger partial charge in [0.05, 0.1) is 12.6 Å². The van der Waals surface area contributed by atoms with Gasteiger partial charge < -0.3 is 19.7 Å². The Morgan fingerprint density at radius 1 is 0.930 bits per heavy atom. The standard InChI is InChI=1S/C36H52N2O5/c1-11-30(36(8,9)28-18-20-29(21-19-28)43-23-27-16-14-13-15-17-27)33(39)37-32(25(5)6)34(40)38(10)31(24(3)4)22-26(7)35(41)42-12-2/h13-22,24-25,30-32H,11-12,23H2,1-10H3,(H,37,39)/b26-22+/t30-,31-,32+/m1/s1. The molecule has 0 radical (unpaired) electrons. The summed E-state index contributed by atoms with van der Waals surface area (Å²) in [5.74, 6) is -0.436. The molecule has 2 amide bonds. The molecule has 0 fully saturated rings. The van der Waals surface area contributed by atoms with Crippen LogP contribution in [0.4, 0.5) is 0 Å². The Hall–Kier alpha value is -3.61. The zero-order chi connectivity index (χ0) is 32.3. The van der Waals surface area contributed by atoms with Crippen molar-refractivity contribution in [1.82, 2.24) is 10.2 Å². The van der Waals surface area contributed by atoms with Crippen LogP contribution in [0.2, 0.25) is 0 Å². The Morgan fingerprint density at radius 3 is 2.05 bits per heavy atom. The molecular weight excluding hydrogens is 540 g/mol. The van der Waals surface area contributed by atoms with Crippen LogP contribution in [-0.2, 0) is 31.1 Å². The maximum Gasteiger partial charge on any atom is 0.333 e. The third-order valence-electron chi connectivity index (χ3n) is 8.17. The fourth-order valence-electron chi connectivity index (χ4n) is 5.40. The minimum absolute atomic E-state index is 0.0452. The number of esters is 1. The molecule has 2 rings (SSSR count). The molecule has 2 aromatic rings. The fraction of sp³-hybridized carbons (Fsp3) is 0.528. The molecule has 7 nitrogen and oxygen atoms in total. The SMILES string of the molecule is CCOC(=O)/C(C)=C/[C@H](C(C)C)N(C)C(=O)[C@@H](NC(=O)[C@@H](CC)C(C)(C)c1ccc(OCc2ccccc2)cc1)C(C)C. The Balaban J connectivity index is 2.21. The molecule has 0 bridgehead atoms. The number of nitrogens with zero attached hydrogens (tertiary/aromatic N) is 1. The van der Waals surface area contributed by atoms with Crippen LogP contribution < -0.4 is 10.1 Å². The van der Waals surface area contributed by atoms with E-state index < -0.39 is 17.4 Å². The van der Waals surface area contributed by atoms with Crippen molar-refractivity contribution in [2.45, 2.75) is 92.8 Å². The van der Waals surface area contributed by atoms with Crippen molar-refractivity contribution >= 4 is 17.8 Å². The van der Waals surface area contributed by atoms with Gasteiger partial charge in [0.2, 0.25) is 11.8 Å². The molecule has 0 aliphatic carbocycles. The first-order chi connectivity index (χ1) is 20.2. The molecule has 236 valence electrons. The van der Waals surface area contributed by atoms with Gasteiger partial charge in [-0.1, -0.05) is 97.0 Å². The van der Waals surface area contributed by atoms with Gasteiger partial charge in [-0.25, -0.2) is 4.79 Å². The normalized spacial score (nSPS) is 14.2. The van der Waals surface area contributed by atoms with Crippen molar-refractivity contribution in [1.29, 1.82) is 0 Å². The van der Waals surface area contributed by atoms with Gasteiger partial charge in [-0.05, 0) is 55.4 Å². The van der Waals surface area contributed by atoms with Crippen molar-refractivity contribution in [2.24, 2.45) is 17.8 Å². The van der Waals surface area contributed by atoms with Crippen LogP contribution in [0.3, 0.4) is 0 Å². The highest BCUT2D eigenvalue weighted by atomic mass is 16.5. The highest BCUT2D eigenvalue weighted by molar-refractivity contribution is 5.90. The summed E-state index contributed by atoms with van der Waals surface area (Å²) >= 11 is 0. The maximum absolute atomic E-state index is 13.8. The third-order valence-corrected chi connectivity index (χ3v) is 8.17. The summed E-state index contributed by atoms with van der Waals surface area (Å²) in [7, 11) is 1.73. The first kappa shape index (κ1) is 35.6. The van der Waals surface area contributed by atoms with Gasteiger partial charge >= 0.3 is 5.97 Å². The van der Waals surface area contributed by atoms with Crippen LogP contribution >= 0.6 is 0 Å². The van der Waals surface area contributed by atoms with E-state index in [0.29, 0.717) is 18.6 Å². The van der Waals surface area contributed by atoms with Crippen molar-refractivity contribution in [2.75, 3.05) is 13.7 Å². The molecule has 2 aromatic carbocycles. The monoisotopic (exact) mass is 592 g/mol. The Kier molecular flexibility index (Phi) is 13.5. The number of likely N-dealkylation sites (N-methyl/N-ethyl adjacent to an activating group) is 1. The van der Waals surface area contributed by atoms with Crippen molar-refractivity contribution in [3.63, 3.8) is 0 Å². The summed E-state index contributed by atoms with van der Waals surface area (Å²) in [6.45, 7) is 18.2. The molecule has 0 saturated heterocycles. The van der Waals surface area contributed by atoms with Crippen LogP contribution in [0.25, 0.3) is 0 Å². The zero-order valence-corrected chi connectivity index (χ0v) is 27.8. The largest absolute Gasteiger partial charge is 0.489 e. The summed E-state index contributed by atoms with van der Waals surface area (Å²) in [6.07, 6.45) is 2.39. The Bertz CT molecular complexity index is 1220. The predicted octanol–water partition coefficient (Wildman–Crippen LogP) is 6.70. The lowest BCUT2D eigenvalue weighted by atomic mass is 9.71. The summed E-state index contributed by atoms with van der Waals surface area (Å²) in [5.41, 5.74) is 2.08. The Morgan fingerprint density at radius 2 is 1.53 bits per heavy atom. The second kappa shape index (κ2) is 16.3. The topological polar surface area (TPSA) is 84.9 Å². The van der Waals surface area contributed by atoms with E-state index in [0.717, 1.165) is 16.9 Å². The average Bonchev–Trinajstić information content (AvgIpc) is 2.97. The predicted molar refractivity (Wildman–Crippen MR) is 173 cm³/mol. The minimum Gasteiger partial charge on any atom is -0.489 e. The number of amides is 2. The van der Waals surface area contributed by atoms with E-state index in [9.17, 15) is 14.4 Å². The molecule has 0 aliphatic heterocycles. The number of rotatable bonds is 15. The fourth-order valence-corrected chi connectivity index (χ4v) is 5.40. The molecule has 7 heteroatoms. The number of nitrogens with one attached hydrogen (secondary N) is 1. The van der Waals surface area contributed by atoms with Gasteiger partial charge in [0.25, 0.3) is 0 Å². The van der Waals surface area contributed by atoms with Crippen molar-refractivity contribution < 1.29 is 23.9 Å². The highest BCUT2D eigenvalue weighted by Gasteiger charge is 2.38. The lowest BCUT2D eigenvalue weighted by Gasteiger charge is -2.37. The van der Waals surface area contributed by atoms with Gasteiger partial charge in [0.15, 0.2) is 0 Å². The van der Waals surface area contributed by atoms with Gasteiger partial charge in [-0.2, -0.15) is 0 Å². The lowest BCUT2D eigenvalue weighted by Crippen LogP contribution is -2.55. The van der Waals surface area contributed by atoms with E-state index in [-0.39, 0.29) is 42.2 Å². The van der Waals surface area contributed by atoms with Gasteiger partial charge in [-0.15, -0.1) is 0 Å². The molecule has 43 heavy (non-hydrogen) atoms. The van der Waals surface area contributed by atoms with E-state index in [2.05, 4.69) is 19.2 Å². The van der Waals surface area contributed by atoms with E-state index in [1.807, 2.05) is 89.2 Å². The number of ether oxygens (including phenoxy) is 2. The average molecular weight is 593 g/mol. The molecule has 0 heterocycles. The number of hydrogen-bond acceptors (Lipinski definition) is 5. The van der Waals surface area contributed by atoms with Crippen LogP contribution in [0.15, 0.2) is 66.2 Å². The van der Waals surface area contributed by atoms with Crippen molar-refractivity contribution in [3.8, 4) is 5.75 Å². The summed E-state index contributed by atoms with van der Waals surface area (Å²) in [6, 6.07) is 16.9. The number of benzene rings is 2. The highest BCUT2D eigenvalue weighted by Crippen LogP contribution is 2.35. The minimum atomic E-state index is -0.714. The second-order valence-electron chi connectivity index (χ2n) is 12.5. The summed E-state index contributed by atoms with van der Waals surface area (Å²) in [4.78, 5) is 41.5. The van der Waals surface area contributed by atoms with Gasteiger partial charge in [0, 0.05) is 24.0 Å². The van der Waals surface area contributed by atoms with E-state index in [4.69, 9.17) is 9.47 Å². The van der Waals surface area contributed by atoms with Crippen LogP contribution in [0.5, 0.6) is 5.75 Å². The van der Waals surface area contributed by atoms with E-state index in [1.165, 1.54) is 0 Å². The van der Waals surface area contributed by atoms with Crippen LogP contribution in [0, 0.1) is 17.8 Å². The van der Waals surface area contributed by atoms with Gasteiger partial charge in [0.1, 0.15) is 18.4 Å². The molecule has 0 aromatic heterocycles. The first-order valence-electron chi connectivity index (χ1n) is 15.4. The zero-order valence-electron chi connectivity index (χ0n) is 27.8. The van der Waals surface area contributed by atoms with Crippen molar-refractivity contribution in [3.05, 3.63) is 77.4 Å². The molecule has 0 aliphatic rings. The Labute approximate surface area is 259 Å². The lowest BCUT2D eigenvalue weighted by molar-refractivity contribution is -0.140. The maximum atomic E-state index is 13.8. The number of carbonyl (C=O) groups is 3. The quantitative estimate of drug-likeness (QED) is 0.184. The third kappa shape index (κ3) is 9.70. The smallest absolute Gasteiger partial charge is 0.333 e. The van der Waals surface area contributed by atoms with Crippen LogP contribution in [0.1, 0.15) is 79.9 Å². The first-order valence-corrected chi connectivity index (χ1v) is 15.4. The molecular formula is C36H52N2O5. The molecule has 1 N–H and O–H groups in total. The van der Waals surface area contributed by atoms with E-state index >= 15 is 0 Å². The number of hydrogen-bond donors (Lipinski definition) is 1. The second-order valence-corrected chi connectivity index (χ2v) is 12.5. The van der Waals surface area contributed by atoms with Crippen LogP contribution in [-0.4, -0.2) is 48.4 Å². The molecule has 0 saturated carbocycles. The molecule has 3 atom stereocenters. The summed E-state index contributed by atoms with van der Waals surface area (Å²) < 4.78 is 11.1. The van der Waals surface area contributed by atoms with E-state index in [1.54, 1.807) is 31.9 Å². The van der Waals surface area contributed by atoms with Gasteiger partial charge in [-0.3, -0.25) is 9.59 Å².